The molecule has 0 radical (unpaired) electrons. The molecule has 3 nitrogen and oxygen atoms in total. The van der Waals surface area contributed by atoms with E-state index in [0.29, 0.717) is 11.6 Å². The van der Waals surface area contributed by atoms with E-state index < -0.39 is 0 Å². The maximum atomic E-state index is 8.89. The zero-order valence-electron chi connectivity index (χ0n) is 12.8. The fraction of sp³-hybridized carbons (Fsp3) is 0.316. The summed E-state index contributed by atoms with van der Waals surface area (Å²) in [6, 6.07) is 20.8. The van der Waals surface area contributed by atoms with E-state index in [1.165, 1.54) is 5.56 Å². The summed E-state index contributed by atoms with van der Waals surface area (Å²) >= 11 is 0. The largest absolute Gasteiger partial charge is 0.371 e. The smallest absolute Gasteiger partial charge is 0.0991 e. The summed E-state index contributed by atoms with van der Waals surface area (Å²) in [6.07, 6.45) is 0.0765. The lowest BCUT2D eigenvalue weighted by Crippen LogP contribution is -2.39. The highest BCUT2D eigenvalue weighted by molar-refractivity contribution is 5.32. The Morgan fingerprint density at radius 1 is 1.14 bits per heavy atom. The van der Waals surface area contributed by atoms with Crippen LogP contribution >= 0.6 is 0 Å². The number of ether oxygens (including phenoxy) is 1. The van der Waals surface area contributed by atoms with Crippen molar-refractivity contribution in [3.8, 4) is 6.07 Å². The Morgan fingerprint density at radius 2 is 1.86 bits per heavy atom. The molecule has 0 N–H and O–H groups in total. The van der Waals surface area contributed by atoms with E-state index in [-0.39, 0.29) is 6.10 Å². The van der Waals surface area contributed by atoms with Gasteiger partial charge in [0, 0.05) is 19.1 Å². The number of morpholine rings is 1. The molecule has 1 heterocycles. The lowest BCUT2D eigenvalue weighted by Gasteiger charge is -2.37. The van der Waals surface area contributed by atoms with Crippen molar-refractivity contribution in [1.29, 1.82) is 5.26 Å². The van der Waals surface area contributed by atoms with Crippen LogP contribution in [0, 0.1) is 11.3 Å². The molecule has 1 aliphatic rings. The third-order valence-corrected chi connectivity index (χ3v) is 4.34. The fourth-order valence-corrected chi connectivity index (χ4v) is 2.94. The van der Waals surface area contributed by atoms with Gasteiger partial charge in [-0.2, -0.15) is 5.26 Å². The zero-order valence-corrected chi connectivity index (χ0v) is 12.8. The van der Waals surface area contributed by atoms with Crippen LogP contribution in [0.15, 0.2) is 54.6 Å². The minimum absolute atomic E-state index is 0.0765. The Kier molecular flexibility index (Phi) is 4.53. The van der Waals surface area contributed by atoms with Crippen molar-refractivity contribution in [2.24, 2.45) is 0 Å². The van der Waals surface area contributed by atoms with Crippen LogP contribution in [-0.2, 0) is 4.74 Å². The van der Waals surface area contributed by atoms with Crippen LogP contribution in [0.25, 0.3) is 0 Å². The molecule has 2 aromatic rings. The molecule has 0 amide bonds. The van der Waals surface area contributed by atoms with Crippen molar-refractivity contribution in [2.45, 2.75) is 19.1 Å². The average molecular weight is 292 g/mol. The molecular weight excluding hydrogens is 272 g/mol. The second-order valence-electron chi connectivity index (χ2n) is 5.67. The standard InChI is InChI=1S/C19H20N2O/c1-15(17-5-3-2-4-6-17)21-11-12-22-19(14-21)18-9-7-16(13-20)8-10-18/h2-10,15,19H,11-12,14H2,1H3/t15-,19-/m1/s1. The van der Waals surface area contributed by atoms with Gasteiger partial charge in [-0.1, -0.05) is 42.5 Å². The van der Waals surface area contributed by atoms with Gasteiger partial charge in [-0.25, -0.2) is 0 Å². The van der Waals surface area contributed by atoms with Gasteiger partial charge in [0.15, 0.2) is 0 Å². The minimum Gasteiger partial charge on any atom is -0.371 e. The van der Waals surface area contributed by atoms with Gasteiger partial charge < -0.3 is 4.74 Å². The molecule has 3 heteroatoms. The van der Waals surface area contributed by atoms with Crippen LogP contribution in [0.4, 0.5) is 0 Å². The normalized spacial score (nSPS) is 20.3. The summed E-state index contributed by atoms with van der Waals surface area (Å²) < 4.78 is 5.93. The van der Waals surface area contributed by atoms with Crippen LogP contribution in [-0.4, -0.2) is 24.6 Å². The molecular formula is C19H20N2O. The minimum atomic E-state index is 0.0765. The van der Waals surface area contributed by atoms with E-state index in [1.54, 1.807) is 0 Å². The number of hydrogen-bond acceptors (Lipinski definition) is 3. The van der Waals surface area contributed by atoms with E-state index in [9.17, 15) is 0 Å². The van der Waals surface area contributed by atoms with Crippen molar-refractivity contribution < 1.29 is 4.74 Å². The summed E-state index contributed by atoms with van der Waals surface area (Å²) in [7, 11) is 0. The maximum Gasteiger partial charge on any atom is 0.0991 e. The molecule has 1 aliphatic heterocycles. The summed E-state index contributed by atoms with van der Waals surface area (Å²) in [5, 5.41) is 8.89. The van der Waals surface area contributed by atoms with Gasteiger partial charge in [0.1, 0.15) is 0 Å². The molecule has 2 aromatic carbocycles. The topological polar surface area (TPSA) is 36.3 Å². The van der Waals surface area contributed by atoms with Gasteiger partial charge in [-0.05, 0) is 30.2 Å². The Labute approximate surface area is 131 Å². The number of rotatable bonds is 3. The van der Waals surface area contributed by atoms with E-state index in [0.717, 1.165) is 25.3 Å². The quantitative estimate of drug-likeness (QED) is 0.865. The van der Waals surface area contributed by atoms with E-state index >= 15 is 0 Å². The van der Waals surface area contributed by atoms with Crippen LogP contribution < -0.4 is 0 Å². The highest BCUT2D eigenvalue weighted by Crippen LogP contribution is 2.28. The molecule has 112 valence electrons. The first kappa shape index (κ1) is 14.8. The van der Waals surface area contributed by atoms with Gasteiger partial charge in [0.25, 0.3) is 0 Å². The van der Waals surface area contributed by atoms with Crippen LogP contribution in [0.3, 0.4) is 0 Å². The predicted molar refractivity (Wildman–Crippen MR) is 86.3 cm³/mol. The van der Waals surface area contributed by atoms with Gasteiger partial charge >= 0.3 is 0 Å². The molecule has 1 fully saturated rings. The first-order chi connectivity index (χ1) is 10.8. The Balaban J connectivity index is 1.72. The molecule has 0 saturated carbocycles. The number of hydrogen-bond donors (Lipinski definition) is 0. The average Bonchev–Trinajstić information content (AvgIpc) is 2.62. The molecule has 22 heavy (non-hydrogen) atoms. The summed E-state index contributed by atoms with van der Waals surface area (Å²) in [4.78, 5) is 2.46. The Morgan fingerprint density at radius 3 is 2.55 bits per heavy atom. The fourth-order valence-electron chi connectivity index (χ4n) is 2.94. The molecule has 0 spiro atoms. The molecule has 0 aromatic heterocycles. The first-order valence-corrected chi connectivity index (χ1v) is 7.68. The second-order valence-corrected chi connectivity index (χ2v) is 5.67. The maximum absolute atomic E-state index is 8.89. The van der Waals surface area contributed by atoms with Crippen LogP contribution in [0.2, 0.25) is 0 Å². The summed E-state index contributed by atoms with van der Waals surface area (Å²) in [5.41, 5.74) is 3.17. The van der Waals surface area contributed by atoms with Crippen molar-refractivity contribution in [3.05, 3.63) is 71.3 Å². The number of nitrogens with zero attached hydrogens (tertiary/aromatic N) is 2. The second kappa shape index (κ2) is 6.74. The molecule has 0 bridgehead atoms. The van der Waals surface area contributed by atoms with Gasteiger partial charge in [-0.15, -0.1) is 0 Å². The van der Waals surface area contributed by atoms with E-state index in [1.807, 2.05) is 24.3 Å². The lowest BCUT2D eigenvalue weighted by atomic mass is 10.0. The Bertz CT molecular complexity index is 645. The SMILES string of the molecule is C[C@H](c1ccccc1)N1CCO[C@@H](c2ccc(C#N)cc2)C1. The van der Waals surface area contributed by atoms with Crippen LogP contribution in [0.5, 0.6) is 0 Å². The van der Waals surface area contributed by atoms with Gasteiger partial charge in [-0.3, -0.25) is 4.90 Å². The Hall–Kier alpha value is -2.15. The monoisotopic (exact) mass is 292 g/mol. The van der Waals surface area contributed by atoms with Gasteiger partial charge in [0.05, 0.1) is 24.3 Å². The molecule has 0 unspecified atom stereocenters. The highest BCUT2D eigenvalue weighted by atomic mass is 16.5. The number of benzene rings is 2. The van der Waals surface area contributed by atoms with E-state index in [4.69, 9.17) is 10.00 Å². The third-order valence-electron chi connectivity index (χ3n) is 4.34. The van der Waals surface area contributed by atoms with Crippen molar-refractivity contribution in [1.82, 2.24) is 4.90 Å². The predicted octanol–water partition coefficient (Wildman–Crippen LogP) is 3.69. The molecule has 0 aliphatic carbocycles. The van der Waals surface area contributed by atoms with Crippen LogP contribution in [0.1, 0.15) is 35.8 Å². The van der Waals surface area contributed by atoms with Gasteiger partial charge in [0.2, 0.25) is 0 Å². The van der Waals surface area contributed by atoms with Crippen molar-refractivity contribution >= 4 is 0 Å². The molecule has 1 saturated heterocycles. The van der Waals surface area contributed by atoms with E-state index in [2.05, 4.69) is 48.2 Å². The lowest BCUT2D eigenvalue weighted by molar-refractivity contribution is -0.0431. The molecule has 3 rings (SSSR count). The highest BCUT2D eigenvalue weighted by Gasteiger charge is 2.25. The number of nitriles is 1. The zero-order chi connectivity index (χ0) is 15.4. The summed E-state index contributed by atoms with van der Waals surface area (Å²) in [6.45, 7) is 4.81. The van der Waals surface area contributed by atoms with Crippen molar-refractivity contribution in [3.63, 3.8) is 0 Å². The van der Waals surface area contributed by atoms with Crippen molar-refractivity contribution in [2.75, 3.05) is 19.7 Å². The third kappa shape index (κ3) is 3.19. The summed E-state index contributed by atoms with van der Waals surface area (Å²) in [5.74, 6) is 0. The molecule has 2 atom stereocenters. The first-order valence-electron chi connectivity index (χ1n) is 7.68.